The van der Waals surface area contributed by atoms with Gasteiger partial charge < -0.3 is 9.73 Å². The van der Waals surface area contributed by atoms with Gasteiger partial charge >= 0.3 is 0 Å². The molecule has 1 aromatic carbocycles. The summed E-state index contributed by atoms with van der Waals surface area (Å²) in [4.78, 5) is 12.1. The van der Waals surface area contributed by atoms with Crippen molar-refractivity contribution in [2.24, 2.45) is 0 Å². The third kappa shape index (κ3) is 2.04. The number of furan rings is 1. The molecule has 0 aliphatic heterocycles. The van der Waals surface area contributed by atoms with Crippen molar-refractivity contribution in [1.82, 2.24) is 5.32 Å². The van der Waals surface area contributed by atoms with Crippen molar-refractivity contribution in [2.45, 2.75) is 25.3 Å². The number of carbonyl (C=O) groups excluding carboxylic acids is 1. The third-order valence-corrected chi connectivity index (χ3v) is 3.39. The van der Waals surface area contributed by atoms with Gasteiger partial charge in [-0.25, -0.2) is 0 Å². The van der Waals surface area contributed by atoms with E-state index in [0.29, 0.717) is 5.56 Å². The first-order valence-corrected chi connectivity index (χ1v) is 6.27. The minimum Gasteiger partial charge on any atom is -0.469 e. The van der Waals surface area contributed by atoms with Crippen LogP contribution in [0.2, 0.25) is 0 Å². The SMILES string of the molecule is O=C(NC1CCCc2occc21)c1ccccc1. The number of rotatable bonds is 2. The fourth-order valence-corrected chi connectivity index (χ4v) is 2.47. The maximum atomic E-state index is 12.1. The van der Waals surface area contributed by atoms with Crippen molar-refractivity contribution >= 4 is 5.91 Å². The molecule has 3 rings (SSSR count). The zero-order chi connectivity index (χ0) is 12.4. The number of benzene rings is 1. The number of hydrogen-bond acceptors (Lipinski definition) is 2. The van der Waals surface area contributed by atoms with E-state index in [1.807, 2.05) is 36.4 Å². The quantitative estimate of drug-likeness (QED) is 0.877. The summed E-state index contributed by atoms with van der Waals surface area (Å²) in [5, 5.41) is 3.08. The Labute approximate surface area is 106 Å². The van der Waals surface area contributed by atoms with Crippen LogP contribution in [0.4, 0.5) is 0 Å². The van der Waals surface area contributed by atoms with Gasteiger partial charge in [0.2, 0.25) is 0 Å². The molecule has 1 N–H and O–H groups in total. The Morgan fingerprint density at radius 3 is 2.89 bits per heavy atom. The van der Waals surface area contributed by atoms with Crippen LogP contribution in [-0.4, -0.2) is 5.91 Å². The molecule has 3 heteroatoms. The summed E-state index contributed by atoms with van der Waals surface area (Å²) in [6.45, 7) is 0. The van der Waals surface area contributed by atoms with Gasteiger partial charge in [-0.15, -0.1) is 0 Å². The zero-order valence-corrected chi connectivity index (χ0v) is 10.1. The van der Waals surface area contributed by atoms with E-state index in [-0.39, 0.29) is 11.9 Å². The van der Waals surface area contributed by atoms with Crippen molar-refractivity contribution in [2.75, 3.05) is 0 Å². The van der Waals surface area contributed by atoms with Crippen molar-refractivity contribution < 1.29 is 9.21 Å². The van der Waals surface area contributed by atoms with Gasteiger partial charge in [-0.05, 0) is 31.0 Å². The Bertz CT molecular complexity index is 545. The highest BCUT2D eigenvalue weighted by atomic mass is 16.3. The average molecular weight is 241 g/mol. The summed E-state index contributed by atoms with van der Waals surface area (Å²) in [6, 6.07) is 11.4. The van der Waals surface area contributed by atoms with Crippen LogP contribution in [0.1, 0.15) is 40.6 Å². The highest BCUT2D eigenvalue weighted by Crippen LogP contribution is 2.30. The lowest BCUT2D eigenvalue weighted by molar-refractivity contribution is 0.0932. The topological polar surface area (TPSA) is 42.2 Å². The molecule has 2 aromatic rings. The second kappa shape index (κ2) is 4.69. The van der Waals surface area contributed by atoms with Crippen LogP contribution in [0.25, 0.3) is 0 Å². The van der Waals surface area contributed by atoms with E-state index >= 15 is 0 Å². The highest BCUT2D eigenvalue weighted by Gasteiger charge is 2.24. The Kier molecular flexibility index (Phi) is 2.89. The van der Waals surface area contributed by atoms with Crippen molar-refractivity contribution in [3.8, 4) is 0 Å². The normalized spacial score (nSPS) is 18.1. The monoisotopic (exact) mass is 241 g/mol. The van der Waals surface area contributed by atoms with Gasteiger partial charge in [0.15, 0.2) is 0 Å². The molecular weight excluding hydrogens is 226 g/mol. The molecule has 0 bridgehead atoms. The van der Waals surface area contributed by atoms with E-state index in [4.69, 9.17) is 4.42 Å². The highest BCUT2D eigenvalue weighted by molar-refractivity contribution is 5.94. The first kappa shape index (κ1) is 11.1. The third-order valence-electron chi connectivity index (χ3n) is 3.39. The lowest BCUT2D eigenvalue weighted by Crippen LogP contribution is -2.30. The minimum absolute atomic E-state index is 0.0188. The molecule has 1 atom stereocenters. The predicted molar refractivity (Wildman–Crippen MR) is 68.3 cm³/mol. The van der Waals surface area contributed by atoms with Crippen molar-refractivity contribution in [1.29, 1.82) is 0 Å². The lowest BCUT2D eigenvalue weighted by atomic mass is 9.93. The number of hydrogen-bond donors (Lipinski definition) is 1. The van der Waals surface area contributed by atoms with Gasteiger partial charge in [0.1, 0.15) is 5.76 Å². The Balaban J connectivity index is 1.77. The molecule has 0 spiro atoms. The number of nitrogens with one attached hydrogen (secondary N) is 1. The molecule has 3 nitrogen and oxygen atoms in total. The van der Waals surface area contributed by atoms with Gasteiger partial charge in [-0.1, -0.05) is 18.2 Å². The maximum Gasteiger partial charge on any atom is 0.251 e. The van der Waals surface area contributed by atoms with Crippen LogP contribution in [-0.2, 0) is 6.42 Å². The van der Waals surface area contributed by atoms with E-state index < -0.39 is 0 Å². The van der Waals surface area contributed by atoms with E-state index in [9.17, 15) is 4.79 Å². The smallest absolute Gasteiger partial charge is 0.251 e. The Morgan fingerprint density at radius 2 is 2.06 bits per heavy atom. The lowest BCUT2D eigenvalue weighted by Gasteiger charge is -2.22. The molecule has 0 saturated heterocycles. The zero-order valence-electron chi connectivity index (χ0n) is 10.1. The first-order valence-electron chi connectivity index (χ1n) is 6.27. The van der Waals surface area contributed by atoms with E-state index in [0.717, 1.165) is 30.6 Å². The summed E-state index contributed by atoms with van der Waals surface area (Å²) >= 11 is 0. The Morgan fingerprint density at radius 1 is 1.22 bits per heavy atom. The largest absolute Gasteiger partial charge is 0.469 e. The van der Waals surface area contributed by atoms with Crippen molar-refractivity contribution in [3.63, 3.8) is 0 Å². The summed E-state index contributed by atoms with van der Waals surface area (Å²) in [7, 11) is 0. The van der Waals surface area contributed by atoms with Crippen LogP contribution in [0.5, 0.6) is 0 Å². The van der Waals surface area contributed by atoms with Gasteiger partial charge in [0.25, 0.3) is 5.91 Å². The second-order valence-corrected chi connectivity index (χ2v) is 4.58. The van der Waals surface area contributed by atoms with Gasteiger partial charge in [-0.3, -0.25) is 4.79 Å². The maximum absolute atomic E-state index is 12.1. The molecule has 18 heavy (non-hydrogen) atoms. The molecule has 1 amide bonds. The molecule has 0 radical (unpaired) electrons. The summed E-state index contributed by atoms with van der Waals surface area (Å²) in [5.41, 5.74) is 1.83. The minimum atomic E-state index is -0.0188. The summed E-state index contributed by atoms with van der Waals surface area (Å²) < 4.78 is 5.42. The molecule has 0 fully saturated rings. The van der Waals surface area contributed by atoms with Gasteiger partial charge in [0, 0.05) is 17.5 Å². The molecule has 1 aliphatic carbocycles. The van der Waals surface area contributed by atoms with Crippen molar-refractivity contribution in [3.05, 3.63) is 59.5 Å². The van der Waals surface area contributed by atoms with E-state index in [2.05, 4.69) is 5.32 Å². The average Bonchev–Trinajstić information content (AvgIpc) is 2.89. The van der Waals surface area contributed by atoms with Gasteiger partial charge in [0.05, 0.1) is 12.3 Å². The van der Waals surface area contributed by atoms with Crippen LogP contribution >= 0.6 is 0 Å². The number of fused-ring (bicyclic) bond motifs is 1. The van der Waals surface area contributed by atoms with E-state index in [1.165, 1.54) is 0 Å². The molecular formula is C15H15NO2. The second-order valence-electron chi connectivity index (χ2n) is 4.58. The summed E-state index contributed by atoms with van der Waals surface area (Å²) in [6.07, 6.45) is 4.71. The standard InChI is InChI=1S/C15H15NO2/c17-15(11-5-2-1-3-6-11)16-13-7-4-8-14-12(13)9-10-18-14/h1-3,5-6,9-10,13H,4,7-8H2,(H,16,17). The fraction of sp³-hybridized carbons (Fsp3) is 0.267. The first-order chi connectivity index (χ1) is 8.84. The Hall–Kier alpha value is -2.03. The predicted octanol–water partition coefficient (Wildman–Crippen LogP) is 3.09. The number of aryl methyl sites for hydroxylation is 1. The van der Waals surface area contributed by atoms with E-state index in [1.54, 1.807) is 6.26 Å². The van der Waals surface area contributed by atoms with Gasteiger partial charge in [-0.2, -0.15) is 0 Å². The molecule has 1 unspecified atom stereocenters. The molecule has 1 heterocycles. The van der Waals surface area contributed by atoms with Crippen LogP contribution in [0.15, 0.2) is 47.1 Å². The van der Waals surface area contributed by atoms with Crippen LogP contribution in [0.3, 0.4) is 0 Å². The molecule has 1 aliphatic rings. The molecule has 92 valence electrons. The molecule has 0 saturated carbocycles. The van der Waals surface area contributed by atoms with Crippen LogP contribution < -0.4 is 5.32 Å². The fourth-order valence-electron chi connectivity index (χ4n) is 2.47. The number of carbonyl (C=O) groups is 1. The number of amides is 1. The summed E-state index contributed by atoms with van der Waals surface area (Å²) in [5.74, 6) is 0.995. The van der Waals surface area contributed by atoms with Crippen LogP contribution in [0, 0.1) is 0 Å². The molecule has 1 aromatic heterocycles.